The zero-order valence-corrected chi connectivity index (χ0v) is 21.9. The van der Waals surface area contributed by atoms with Crippen LogP contribution < -0.4 is 15.0 Å². The van der Waals surface area contributed by atoms with Gasteiger partial charge in [0.05, 0.1) is 11.7 Å². The summed E-state index contributed by atoms with van der Waals surface area (Å²) < 4.78 is 8.58. The van der Waals surface area contributed by atoms with Crippen molar-refractivity contribution in [1.82, 2.24) is 14.9 Å². The third-order valence-corrected chi connectivity index (χ3v) is 7.87. The number of benzene rings is 2. The Bertz CT molecular complexity index is 1340. The molecule has 0 bridgehead atoms. The van der Waals surface area contributed by atoms with E-state index in [4.69, 9.17) is 21.9 Å². The fourth-order valence-electron chi connectivity index (χ4n) is 5.70. The summed E-state index contributed by atoms with van der Waals surface area (Å²) in [7, 11) is 0. The summed E-state index contributed by atoms with van der Waals surface area (Å²) in [5.74, 6) is 1.63. The average molecular weight is 509 g/mol. The predicted molar refractivity (Wildman–Crippen MR) is 152 cm³/mol. The monoisotopic (exact) mass is 508 g/mol. The summed E-state index contributed by atoms with van der Waals surface area (Å²) in [6.07, 6.45) is 10.5. The Labute approximate surface area is 224 Å². The Morgan fingerprint density at radius 3 is 2.30 bits per heavy atom. The second-order valence-corrected chi connectivity index (χ2v) is 10.4. The first kappa shape index (κ1) is 23.7. The molecule has 1 saturated carbocycles. The van der Waals surface area contributed by atoms with Gasteiger partial charge in [-0.2, -0.15) is 0 Å². The van der Waals surface area contributed by atoms with Crippen LogP contribution in [0.4, 0.5) is 5.69 Å². The first-order valence-corrected chi connectivity index (χ1v) is 13.6. The molecule has 6 heteroatoms. The van der Waals surface area contributed by atoms with Crippen molar-refractivity contribution < 1.29 is 4.74 Å². The molecule has 37 heavy (non-hydrogen) atoms. The molecule has 188 valence electrons. The molecule has 0 unspecified atom stereocenters. The van der Waals surface area contributed by atoms with Crippen molar-refractivity contribution in [1.29, 1.82) is 0 Å². The Balaban J connectivity index is 1.35. The number of ether oxygens (including phenoxy) is 1. The second kappa shape index (κ2) is 10.4. The Morgan fingerprint density at radius 2 is 1.59 bits per heavy atom. The minimum atomic E-state index is -0.0468. The number of aryl methyl sites for hydroxylation is 1. The highest BCUT2D eigenvalue weighted by Gasteiger charge is 2.42. The molecular formula is C31H32N4OS. The molecular weight excluding hydrogens is 476 g/mol. The number of thiocarbonyl (C=S) groups is 1. The highest BCUT2D eigenvalue weighted by molar-refractivity contribution is 7.80. The molecule has 5 nitrogen and oxygen atoms in total. The lowest BCUT2D eigenvalue weighted by atomic mass is 9.94. The molecule has 1 N–H and O–H groups in total. The van der Waals surface area contributed by atoms with Crippen LogP contribution in [0.25, 0.3) is 0 Å². The maximum Gasteiger partial charge on any atom is 0.174 e. The van der Waals surface area contributed by atoms with E-state index in [9.17, 15) is 0 Å². The lowest BCUT2D eigenvalue weighted by Gasteiger charge is -2.32. The van der Waals surface area contributed by atoms with Gasteiger partial charge in [0, 0.05) is 29.8 Å². The summed E-state index contributed by atoms with van der Waals surface area (Å²) in [5, 5.41) is 4.31. The molecule has 4 aromatic rings. The molecule has 3 heterocycles. The fourth-order valence-corrected chi connectivity index (χ4v) is 6.05. The molecule has 0 amide bonds. The van der Waals surface area contributed by atoms with Gasteiger partial charge in [0.2, 0.25) is 0 Å². The van der Waals surface area contributed by atoms with Gasteiger partial charge >= 0.3 is 0 Å². The van der Waals surface area contributed by atoms with Gasteiger partial charge < -0.3 is 19.5 Å². The van der Waals surface area contributed by atoms with Crippen molar-refractivity contribution >= 4 is 23.0 Å². The minimum absolute atomic E-state index is 0.0109. The molecule has 1 aliphatic heterocycles. The van der Waals surface area contributed by atoms with Crippen LogP contribution in [-0.2, 0) is 0 Å². The SMILES string of the molecule is Cc1ccc(Oc2ccc(N3C(=S)N[C@@H](c4ccccn4)[C@H]3c3cccn3C3CCCCC3)cc2)cc1. The maximum absolute atomic E-state index is 6.08. The van der Waals surface area contributed by atoms with E-state index >= 15 is 0 Å². The summed E-state index contributed by atoms with van der Waals surface area (Å²) in [6.45, 7) is 2.07. The van der Waals surface area contributed by atoms with E-state index in [-0.39, 0.29) is 12.1 Å². The Kier molecular flexibility index (Phi) is 6.66. The highest BCUT2D eigenvalue weighted by Crippen LogP contribution is 2.43. The van der Waals surface area contributed by atoms with Gasteiger partial charge in [-0.25, -0.2) is 0 Å². The Hall–Kier alpha value is -3.64. The van der Waals surface area contributed by atoms with Crippen LogP contribution in [0.3, 0.4) is 0 Å². The minimum Gasteiger partial charge on any atom is -0.457 e. The molecule has 0 spiro atoms. The molecule has 6 rings (SSSR count). The summed E-state index contributed by atoms with van der Waals surface area (Å²) in [6, 6.07) is 27.3. The van der Waals surface area contributed by atoms with E-state index in [1.54, 1.807) is 0 Å². The van der Waals surface area contributed by atoms with Gasteiger partial charge in [0.1, 0.15) is 17.5 Å². The standard InChI is InChI=1S/C31H32N4OS/c1-22-12-16-25(17-13-22)36-26-18-14-24(15-19-26)35-30(29(33-31(35)37)27-10-5-6-20-32-27)28-11-7-21-34(28)23-8-3-2-4-9-23/h5-7,10-21,23,29-30H,2-4,8-9H2,1H3,(H,33,37)/t29-,30+/m0/s1. The van der Waals surface area contributed by atoms with Crippen LogP contribution in [0, 0.1) is 6.92 Å². The van der Waals surface area contributed by atoms with Crippen LogP contribution in [0.5, 0.6) is 11.5 Å². The van der Waals surface area contributed by atoms with Crippen LogP contribution in [-0.4, -0.2) is 14.7 Å². The number of nitrogens with one attached hydrogen (secondary N) is 1. The second-order valence-electron chi connectivity index (χ2n) is 10.0. The van der Waals surface area contributed by atoms with E-state index in [0.29, 0.717) is 11.2 Å². The van der Waals surface area contributed by atoms with E-state index in [2.05, 4.69) is 70.4 Å². The molecule has 1 saturated heterocycles. The lowest BCUT2D eigenvalue weighted by molar-refractivity contribution is 0.340. The van der Waals surface area contributed by atoms with Crippen LogP contribution in [0.1, 0.15) is 67.2 Å². The largest absolute Gasteiger partial charge is 0.457 e. The number of anilines is 1. The van der Waals surface area contributed by atoms with Gasteiger partial charge in [0.15, 0.2) is 5.11 Å². The van der Waals surface area contributed by atoms with Crippen molar-refractivity contribution in [2.75, 3.05) is 4.90 Å². The fraction of sp³-hybridized carbons (Fsp3) is 0.290. The van der Waals surface area contributed by atoms with Crippen LogP contribution >= 0.6 is 12.2 Å². The maximum atomic E-state index is 6.08. The zero-order chi connectivity index (χ0) is 25.2. The molecule has 0 radical (unpaired) electrons. The van der Waals surface area contributed by atoms with Gasteiger partial charge in [0.25, 0.3) is 0 Å². The van der Waals surface area contributed by atoms with Gasteiger partial charge in [-0.05, 0) is 92.6 Å². The first-order valence-electron chi connectivity index (χ1n) is 13.2. The van der Waals surface area contributed by atoms with Gasteiger partial charge in [-0.15, -0.1) is 0 Å². The molecule has 2 aliphatic rings. The van der Waals surface area contributed by atoms with Crippen molar-refractivity contribution in [2.45, 2.75) is 57.2 Å². The first-order chi connectivity index (χ1) is 18.2. The third kappa shape index (κ3) is 4.86. The quantitative estimate of drug-likeness (QED) is 0.271. The van der Waals surface area contributed by atoms with E-state index in [1.807, 2.05) is 42.6 Å². The topological polar surface area (TPSA) is 42.3 Å². The Morgan fingerprint density at radius 1 is 0.865 bits per heavy atom. The molecule has 2 fully saturated rings. The number of hydrogen-bond donors (Lipinski definition) is 1. The normalized spacial score (nSPS) is 20.1. The number of hydrogen-bond acceptors (Lipinski definition) is 3. The van der Waals surface area contributed by atoms with Crippen LogP contribution in [0.15, 0.2) is 91.3 Å². The number of rotatable bonds is 6. The molecule has 1 aliphatic carbocycles. The van der Waals surface area contributed by atoms with Crippen molar-refractivity contribution in [3.8, 4) is 11.5 Å². The lowest BCUT2D eigenvalue weighted by Crippen LogP contribution is -2.31. The molecule has 2 aromatic carbocycles. The zero-order valence-electron chi connectivity index (χ0n) is 21.1. The van der Waals surface area contributed by atoms with E-state index in [1.165, 1.54) is 43.4 Å². The van der Waals surface area contributed by atoms with Crippen LogP contribution in [0.2, 0.25) is 0 Å². The number of nitrogens with zero attached hydrogens (tertiary/aromatic N) is 3. The molecule has 2 atom stereocenters. The van der Waals surface area contributed by atoms with Crippen molar-refractivity contribution in [3.63, 3.8) is 0 Å². The predicted octanol–water partition coefficient (Wildman–Crippen LogP) is 7.67. The number of pyridine rings is 1. The van der Waals surface area contributed by atoms with E-state index in [0.717, 1.165) is 22.9 Å². The summed E-state index contributed by atoms with van der Waals surface area (Å²) in [5.41, 5.74) is 4.51. The van der Waals surface area contributed by atoms with E-state index < -0.39 is 0 Å². The van der Waals surface area contributed by atoms with Gasteiger partial charge in [-0.3, -0.25) is 4.98 Å². The summed E-state index contributed by atoms with van der Waals surface area (Å²) >= 11 is 5.95. The van der Waals surface area contributed by atoms with Crippen molar-refractivity contribution in [3.05, 3.63) is 108 Å². The summed E-state index contributed by atoms with van der Waals surface area (Å²) in [4.78, 5) is 6.96. The van der Waals surface area contributed by atoms with Gasteiger partial charge in [-0.1, -0.05) is 43.0 Å². The smallest absolute Gasteiger partial charge is 0.174 e. The average Bonchev–Trinajstić information content (AvgIpc) is 3.56. The van der Waals surface area contributed by atoms with Crippen molar-refractivity contribution in [2.24, 2.45) is 0 Å². The molecule has 2 aromatic heterocycles. The highest BCUT2D eigenvalue weighted by atomic mass is 32.1. The number of aromatic nitrogens is 2. The third-order valence-electron chi connectivity index (χ3n) is 7.55.